The lowest BCUT2D eigenvalue weighted by molar-refractivity contribution is -0.116. The highest BCUT2D eigenvalue weighted by atomic mass is 19.1. The van der Waals surface area contributed by atoms with Gasteiger partial charge in [-0.2, -0.15) is 5.10 Å². The number of carbonyl (C=O) groups excluding carboxylic acids is 1. The predicted octanol–water partition coefficient (Wildman–Crippen LogP) is 2.52. The lowest BCUT2D eigenvalue weighted by Crippen LogP contribution is -2.26. The van der Waals surface area contributed by atoms with Gasteiger partial charge >= 0.3 is 0 Å². The molecule has 8 heteroatoms. The largest absolute Gasteiger partial charge is 0.326 e. The monoisotopic (exact) mass is 357 g/mol. The van der Waals surface area contributed by atoms with E-state index < -0.39 is 0 Å². The quantitative estimate of drug-likeness (QED) is 0.778. The minimum atomic E-state index is -0.371. The predicted molar refractivity (Wildman–Crippen MR) is 96.4 cm³/mol. The second kappa shape index (κ2) is 6.70. The lowest BCUT2D eigenvalue weighted by Gasteiger charge is -2.19. The standard InChI is InChI=1S/C18H20FN5O2/c1-18(2,3)24-16-14(10-21-24)17(26)23(11-20-16)9-8-15(25)22-13-6-4-12(19)5-7-13/h4-7,10-11H,8-9H2,1-3H3,(H,22,25). The van der Waals surface area contributed by atoms with Crippen molar-refractivity contribution in [2.75, 3.05) is 5.32 Å². The molecule has 0 unspecified atom stereocenters. The highest BCUT2D eigenvalue weighted by Gasteiger charge is 2.19. The van der Waals surface area contributed by atoms with Gasteiger partial charge in [0, 0.05) is 18.7 Å². The molecule has 1 N–H and O–H groups in total. The summed E-state index contributed by atoms with van der Waals surface area (Å²) in [4.78, 5) is 28.9. The Balaban J connectivity index is 1.73. The zero-order chi connectivity index (χ0) is 18.9. The highest BCUT2D eigenvalue weighted by Crippen LogP contribution is 2.17. The zero-order valence-corrected chi connectivity index (χ0v) is 14.9. The highest BCUT2D eigenvalue weighted by molar-refractivity contribution is 5.90. The van der Waals surface area contributed by atoms with E-state index in [4.69, 9.17) is 0 Å². The normalized spacial score (nSPS) is 11.7. The summed E-state index contributed by atoms with van der Waals surface area (Å²) in [5.74, 6) is -0.640. The molecule has 3 rings (SSSR count). The summed E-state index contributed by atoms with van der Waals surface area (Å²) in [5, 5.41) is 7.34. The third kappa shape index (κ3) is 3.63. The van der Waals surface area contributed by atoms with Crippen molar-refractivity contribution in [3.63, 3.8) is 0 Å². The van der Waals surface area contributed by atoms with Gasteiger partial charge in [0.2, 0.25) is 5.91 Å². The molecular formula is C18H20FN5O2. The number of hydrogen-bond acceptors (Lipinski definition) is 4. The van der Waals surface area contributed by atoms with Crippen LogP contribution in [0.25, 0.3) is 11.0 Å². The number of rotatable bonds is 4. The molecule has 0 saturated carbocycles. The number of halogens is 1. The Bertz CT molecular complexity index is 999. The van der Waals surface area contributed by atoms with Gasteiger partial charge in [-0.1, -0.05) is 0 Å². The molecule has 0 fully saturated rings. The zero-order valence-electron chi connectivity index (χ0n) is 14.9. The van der Waals surface area contributed by atoms with Crippen LogP contribution in [0.1, 0.15) is 27.2 Å². The first kappa shape index (κ1) is 17.8. The second-order valence-electron chi connectivity index (χ2n) is 7.01. The number of anilines is 1. The number of fused-ring (bicyclic) bond motifs is 1. The number of carbonyl (C=O) groups is 1. The summed E-state index contributed by atoms with van der Waals surface area (Å²) in [6, 6.07) is 5.50. The van der Waals surface area contributed by atoms with E-state index in [0.29, 0.717) is 16.7 Å². The van der Waals surface area contributed by atoms with Crippen molar-refractivity contribution >= 4 is 22.6 Å². The van der Waals surface area contributed by atoms with E-state index in [9.17, 15) is 14.0 Å². The van der Waals surface area contributed by atoms with E-state index in [0.717, 1.165) is 0 Å². The van der Waals surface area contributed by atoms with E-state index in [1.807, 2.05) is 20.8 Å². The molecule has 0 spiro atoms. The Morgan fingerprint density at radius 3 is 2.58 bits per heavy atom. The van der Waals surface area contributed by atoms with Crippen LogP contribution in [-0.4, -0.2) is 25.2 Å². The number of nitrogens with one attached hydrogen (secondary N) is 1. The Hall–Kier alpha value is -3.03. The topological polar surface area (TPSA) is 81.8 Å². The fourth-order valence-corrected chi connectivity index (χ4v) is 2.58. The Kier molecular flexibility index (Phi) is 4.58. The summed E-state index contributed by atoms with van der Waals surface area (Å²) < 4.78 is 16.0. The van der Waals surface area contributed by atoms with E-state index in [-0.39, 0.29) is 35.8 Å². The van der Waals surface area contributed by atoms with Gasteiger partial charge in [-0.25, -0.2) is 14.1 Å². The number of nitrogens with zero attached hydrogens (tertiary/aromatic N) is 4. The average molecular weight is 357 g/mol. The van der Waals surface area contributed by atoms with Gasteiger partial charge in [-0.15, -0.1) is 0 Å². The maximum Gasteiger partial charge on any atom is 0.264 e. The summed E-state index contributed by atoms with van der Waals surface area (Å²) in [6.45, 7) is 6.13. The molecular weight excluding hydrogens is 337 g/mol. The van der Waals surface area contributed by atoms with E-state index in [1.165, 1.54) is 41.4 Å². The minimum absolute atomic E-state index is 0.0951. The molecule has 0 bridgehead atoms. The fourth-order valence-electron chi connectivity index (χ4n) is 2.58. The van der Waals surface area contributed by atoms with Crippen LogP contribution in [0, 0.1) is 5.82 Å². The van der Waals surface area contributed by atoms with Crippen molar-refractivity contribution < 1.29 is 9.18 Å². The van der Waals surface area contributed by atoms with Gasteiger partial charge in [0.15, 0.2) is 5.65 Å². The van der Waals surface area contributed by atoms with Crippen molar-refractivity contribution in [1.82, 2.24) is 19.3 Å². The van der Waals surface area contributed by atoms with Crippen LogP contribution in [0.5, 0.6) is 0 Å². The first-order chi connectivity index (χ1) is 12.3. The number of benzene rings is 1. The van der Waals surface area contributed by atoms with Crippen LogP contribution < -0.4 is 10.9 Å². The first-order valence-corrected chi connectivity index (χ1v) is 8.25. The molecule has 2 heterocycles. The van der Waals surface area contributed by atoms with Crippen LogP contribution in [0.15, 0.2) is 41.6 Å². The molecule has 0 aliphatic rings. The number of hydrogen-bond donors (Lipinski definition) is 1. The second-order valence-corrected chi connectivity index (χ2v) is 7.01. The van der Waals surface area contributed by atoms with Gasteiger partial charge in [-0.05, 0) is 45.0 Å². The van der Waals surface area contributed by atoms with E-state index >= 15 is 0 Å². The lowest BCUT2D eigenvalue weighted by atomic mass is 10.1. The van der Waals surface area contributed by atoms with Crippen molar-refractivity contribution in [1.29, 1.82) is 0 Å². The van der Waals surface area contributed by atoms with Gasteiger partial charge < -0.3 is 5.32 Å². The van der Waals surface area contributed by atoms with Crippen molar-refractivity contribution in [2.45, 2.75) is 39.3 Å². The van der Waals surface area contributed by atoms with Gasteiger partial charge in [-0.3, -0.25) is 14.2 Å². The van der Waals surface area contributed by atoms with E-state index in [1.54, 1.807) is 4.68 Å². The number of aryl methyl sites for hydroxylation is 1. The van der Waals surface area contributed by atoms with Crippen LogP contribution in [0.3, 0.4) is 0 Å². The minimum Gasteiger partial charge on any atom is -0.326 e. The maximum atomic E-state index is 12.9. The molecule has 3 aromatic rings. The van der Waals surface area contributed by atoms with Crippen LogP contribution >= 0.6 is 0 Å². The smallest absolute Gasteiger partial charge is 0.264 e. The molecule has 0 aliphatic heterocycles. The third-order valence-electron chi connectivity index (χ3n) is 3.90. The summed E-state index contributed by atoms with van der Waals surface area (Å²) in [7, 11) is 0. The number of amides is 1. The molecule has 7 nitrogen and oxygen atoms in total. The molecule has 0 saturated heterocycles. The Morgan fingerprint density at radius 2 is 1.92 bits per heavy atom. The van der Waals surface area contributed by atoms with E-state index in [2.05, 4.69) is 15.4 Å². The molecule has 0 atom stereocenters. The summed E-state index contributed by atoms with van der Waals surface area (Å²) in [5.41, 5.74) is 0.501. The molecule has 1 aromatic carbocycles. The SMILES string of the molecule is CC(C)(C)n1ncc2c(=O)n(CCC(=O)Nc3ccc(F)cc3)cnc21. The Labute approximate surface area is 149 Å². The van der Waals surface area contributed by atoms with Gasteiger partial charge in [0.1, 0.15) is 11.2 Å². The van der Waals surface area contributed by atoms with Crippen molar-refractivity contribution in [3.8, 4) is 0 Å². The van der Waals surface area contributed by atoms with Gasteiger partial charge in [0.25, 0.3) is 5.56 Å². The van der Waals surface area contributed by atoms with Crippen molar-refractivity contribution in [3.05, 3.63) is 53.0 Å². The molecule has 136 valence electrons. The summed E-state index contributed by atoms with van der Waals surface area (Å²) >= 11 is 0. The van der Waals surface area contributed by atoms with Gasteiger partial charge in [0.05, 0.1) is 18.1 Å². The summed E-state index contributed by atoms with van der Waals surface area (Å²) in [6.07, 6.45) is 3.03. The van der Waals surface area contributed by atoms with Crippen LogP contribution in [0.4, 0.5) is 10.1 Å². The maximum absolute atomic E-state index is 12.9. The molecule has 0 aliphatic carbocycles. The Morgan fingerprint density at radius 1 is 1.23 bits per heavy atom. The van der Waals surface area contributed by atoms with Crippen molar-refractivity contribution in [2.24, 2.45) is 0 Å². The number of aromatic nitrogens is 4. The molecule has 2 aromatic heterocycles. The van der Waals surface area contributed by atoms with Crippen LogP contribution in [-0.2, 0) is 16.9 Å². The first-order valence-electron chi connectivity index (χ1n) is 8.25. The third-order valence-corrected chi connectivity index (χ3v) is 3.90. The van der Waals surface area contributed by atoms with Crippen LogP contribution in [0.2, 0.25) is 0 Å². The average Bonchev–Trinajstić information content (AvgIpc) is 3.01. The fraction of sp³-hybridized carbons (Fsp3) is 0.333. The molecule has 0 radical (unpaired) electrons. The molecule has 1 amide bonds. The molecule has 26 heavy (non-hydrogen) atoms.